The topological polar surface area (TPSA) is 49.8 Å². The zero-order chi connectivity index (χ0) is 12.2. The third-order valence-electron chi connectivity index (χ3n) is 2.29. The molecule has 0 aliphatic carbocycles. The number of nitrogens with zero attached hydrogens (tertiary/aromatic N) is 1. The lowest BCUT2D eigenvalue weighted by atomic mass is 10.0. The van der Waals surface area contributed by atoms with E-state index in [1.54, 1.807) is 0 Å². The van der Waals surface area contributed by atoms with Crippen molar-refractivity contribution in [1.82, 2.24) is 4.90 Å². The minimum atomic E-state index is -4.35. The molecule has 0 unspecified atom stereocenters. The Morgan fingerprint density at radius 2 is 2.06 bits per heavy atom. The number of halogens is 3. The summed E-state index contributed by atoms with van der Waals surface area (Å²) in [5.74, 6) is -0.119. The minimum absolute atomic E-state index is 0.0361. The Hall–Kier alpha value is -0.820. The van der Waals surface area contributed by atoms with Gasteiger partial charge in [-0.1, -0.05) is 0 Å². The molecule has 16 heavy (non-hydrogen) atoms. The van der Waals surface area contributed by atoms with Crippen LogP contribution >= 0.6 is 0 Å². The lowest BCUT2D eigenvalue weighted by molar-refractivity contribution is -0.175. The molecule has 1 N–H and O–H groups in total. The number of likely N-dealkylation sites (tertiary alicyclic amines) is 1. The number of carbonyl (C=O) groups is 1. The molecule has 0 spiro atoms. The number of hydrogen-bond acceptors (Lipinski definition) is 3. The Kier molecular flexibility index (Phi) is 4.55. The van der Waals surface area contributed by atoms with Gasteiger partial charge in [0.15, 0.2) is 0 Å². The molecule has 1 heterocycles. The summed E-state index contributed by atoms with van der Waals surface area (Å²) < 4.78 is 39.3. The summed E-state index contributed by atoms with van der Waals surface area (Å²) in [7, 11) is 0. The number of amides is 1. The molecule has 1 rings (SSSR count). The zero-order valence-corrected chi connectivity index (χ0v) is 8.66. The van der Waals surface area contributed by atoms with Gasteiger partial charge in [-0.3, -0.25) is 4.79 Å². The van der Waals surface area contributed by atoms with E-state index < -0.39 is 12.8 Å². The molecule has 1 aliphatic heterocycles. The normalized spacial score (nSPS) is 17.4. The van der Waals surface area contributed by atoms with Crippen molar-refractivity contribution in [3.63, 3.8) is 0 Å². The molecule has 0 atom stereocenters. The molecule has 0 radical (unpaired) electrons. The van der Waals surface area contributed by atoms with Crippen molar-refractivity contribution in [2.75, 3.05) is 32.9 Å². The predicted molar refractivity (Wildman–Crippen MR) is 48.6 cm³/mol. The molecule has 0 bridgehead atoms. The lowest BCUT2D eigenvalue weighted by Gasteiger charge is -2.38. The molecule has 1 aliphatic rings. The quantitative estimate of drug-likeness (QED) is 0.709. The highest BCUT2D eigenvalue weighted by molar-refractivity contribution is 5.77. The van der Waals surface area contributed by atoms with E-state index in [9.17, 15) is 18.0 Å². The first kappa shape index (κ1) is 13.2. The van der Waals surface area contributed by atoms with Crippen LogP contribution in [0.5, 0.6) is 0 Å². The molecule has 1 amide bonds. The van der Waals surface area contributed by atoms with E-state index in [0.29, 0.717) is 13.1 Å². The Balaban J connectivity index is 2.04. The molecular weight excluding hydrogens is 227 g/mol. The molecule has 1 fully saturated rings. The van der Waals surface area contributed by atoms with E-state index in [1.807, 2.05) is 0 Å². The number of aliphatic hydroxyl groups excluding tert-OH is 1. The molecule has 0 aromatic heterocycles. The highest BCUT2D eigenvalue weighted by atomic mass is 19.4. The molecule has 4 nitrogen and oxygen atoms in total. The predicted octanol–water partition coefficient (Wildman–Crippen LogP) is 0.406. The molecule has 7 heteroatoms. The second-order valence-corrected chi connectivity index (χ2v) is 3.77. The number of alkyl halides is 3. The van der Waals surface area contributed by atoms with Crippen LogP contribution in [0.25, 0.3) is 0 Å². The van der Waals surface area contributed by atoms with Gasteiger partial charge in [-0.25, -0.2) is 0 Å². The van der Waals surface area contributed by atoms with E-state index in [0.717, 1.165) is 0 Å². The summed E-state index contributed by atoms with van der Waals surface area (Å²) in [6, 6.07) is 0. The SMILES string of the molecule is O=C(CCOCC(F)(F)F)N1CC(CO)C1. The number of hydrogen-bond donors (Lipinski definition) is 1. The van der Waals surface area contributed by atoms with Crippen LogP contribution in [-0.2, 0) is 9.53 Å². The van der Waals surface area contributed by atoms with Crippen molar-refractivity contribution in [2.45, 2.75) is 12.6 Å². The summed E-state index contributed by atoms with van der Waals surface area (Å²) in [6.07, 6.45) is -4.39. The maximum Gasteiger partial charge on any atom is 0.411 e. The maximum absolute atomic E-state index is 11.7. The van der Waals surface area contributed by atoms with Gasteiger partial charge in [0.25, 0.3) is 0 Å². The van der Waals surface area contributed by atoms with Crippen molar-refractivity contribution < 1.29 is 27.8 Å². The maximum atomic E-state index is 11.7. The molecule has 0 aromatic carbocycles. The van der Waals surface area contributed by atoms with Crippen LogP contribution in [0.3, 0.4) is 0 Å². The highest BCUT2D eigenvalue weighted by Gasteiger charge is 2.30. The summed E-state index contributed by atoms with van der Waals surface area (Å²) >= 11 is 0. The fourth-order valence-electron chi connectivity index (χ4n) is 1.39. The standard InChI is InChI=1S/C9H14F3NO3/c10-9(11,12)6-16-2-1-8(15)13-3-7(4-13)5-14/h7,14H,1-6H2. The van der Waals surface area contributed by atoms with Crippen LogP contribution in [-0.4, -0.2) is 55.0 Å². The Labute approximate surface area is 91.0 Å². The van der Waals surface area contributed by atoms with Gasteiger partial charge >= 0.3 is 6.18 Å². The van der Waals surface area contributed by atoms with Gasteiger partial charge in [-0.15, -0.1) is 0 Å². The summed E-state index contributed by atoms with van der Waals surface area (Å²) in [5, 5.41) is 8.70. The van der Waals surface area contributed by atoms with Crippen LogP contribution in [0.4, 0.5) is 13.2 Å². The highest BCUT2D eigenvalue weighted by Crippen LogP contribution is 2.16. The average Bonchev–Trinajstić information content (AvgIpc) is 2.09. The van der Waals surface area contributed by atoms with Crippen LogP contribution in [0.1, 0.15) is 6.42 Å². The first-order valence-corrected chi connectivity index (χ1v) is 4.95. The Morgan fingerprint density at radius 1 is 1.44 bits per heavy atom. The van der Waals surface area contributed by atoms with Gasteiger partial charge in [0.05, 0.1) is 13.0 Å². The Morgan fingerprint density at radius 3 is 2.56 bits per heavy atom. The second-order valence-electron chi connectivity index (χ2n) is 3.77. The first-order chi connectivity index (χ1) is 7.42. The van der Waals surface area contributed by atoms with Gasteiger partial charge in [0.2, 0.25) is 5.91 Å². The number of carbonyl (C=O) groups excluding carboxylic acids is 1. The van der Waals surface area contributed by atoms with Crippen LogP contribution < -0.4 is 0 Å². The van der Waals surface area contributed by atoms with Crippen molar-refractivity contribution in [1.29, 1.82) is 0 Å². The van der Waals surface area contributed by atoms with Crippen molar-refractivity contribution in [3.05, 3.63) is 0 Å². The van der Waals surface area contributed by atoms with Crippen molar-refractivity contribution in [2.24, 2.45) is 5.92 Å². The largest absolute Gasteiger partial charge is 0.411 e. The molecule has 94 valence electrons. The van der Waals surface area contributed by atoms with E-state index in [-0.39, 0.29) is 31.5 Å². The van der Waals surface area contributed by atoms with E-state index >= 15 is 0 Å². The molecular formula is C9H14F3NO3. The molecule has 0 aromatic rings. The fourth-order valence-corrected chi connectivity index (χ4v) is 1.39. The van der Waals surface area contributed by atoms with Crippen LogP contribution in [0.15, 0.2) is 0 Å². The third kappa shape index (κ3) is 4.36. The summed E-state index contributed by atoms with van der Waals surface area (Å²) in [6.45, 7) is -0.546. The second kappa shape index (κ2) is 5.49. The molecule has 0 saturated carbocycles. The summed E-state index contributed by atoms with van der Waals surface area (Å²) in [4.78, 5) is 12.8. The third-order valence-corrected chi connectivity index (χ3v) is 2.29. The van der Waals surface area contributed by atoms with Crippen molar-refractivity contribution in [3.8, 4) is 0 Å². The van der Waals surface area contributed by atoms with Gasteiger partial charge < -0.3 is 14.7 Å². The van der Waals surface area contributed by atoms with Gasteiger partial charge in [0, 0.05) is 25.6 Å². The van der Waals surface area contributed by atoms with Gasteiger partial charge in [-0.05, 0) is 0 Å². The minimum Gasteiger partial charge on any atom is -0.396 e. The lowest BCUT2D eigenvalue weighted by Crippen LogP contribution is -2.51. The smallest absolute Gasteiger partial charge is 0.396 e. The average molecular weight is 241 g/mol. The van der Waals surface area contributed by atoms with Gasteiger partial charge in [0.1, 0.15) is 6.61 Å². The number of aliphatic hydroxyl groups is 1. The van der Waals surface area contributed by atoms with E-state index in [4.69, 9.17) is 5.11 Å². The fraction of sp³-hybridized carbons (Fsp3) is 0.889. The van der Waals surface area contributed by atoms with Crippen LogP contribution in [0, 0.1) is 5.92 Å². The van der Waals surface area contributed by atoms with E-state index in [1.165, 1.54) is 4.90 Å². The summed E-state index contributed by atoms with van der Waals surface area (Å²) in [5.41, 5.74) is 0. The number of rotatable bonds is 5. The molecule has 1 saturated heterocycles. The van der Waals surface area contributed by atoms with Crippen LogP contribution in [0.2, 0.25) is 0 Å². The van der Waals surface area contributed by atoms with Crippen molar-refractivity contribution >= 4 is 5.91 Å². The zero-order valence-electron chi connectivity index (χ0n) is 8.66. The monoisotopic (exact) mass is 241 g/mol. The first-order valence-electron chi connectivity index (χ1n) is 4.95. The van der Waals surface area contributed by atoms with Gasteiger partial charge in [-0.2, -0.15) is 13.2 Å². The number of ether oxygens (including phenoxy) is 1. The van der Waals surface area contributed by atoms with E-state index in [2.05, 4.69) is 4.74 Å². The Bertz CT molecular complexity index is 239.